The summed E-state index contributed by atoms with van der Waals surface area (Å²) in [4.78, 5) is 10.1. The van der Waals surface area contributed by atoms with Crippen molar-refractivity contribution in [2.24, 2.45) is 0 Å². The number of unbranched alkanes of at least 4 members (excludes halogenated alkanes) is 1. The first-order chi connectivity index (χ1) is 5.72. The molecule has 0 aromatic rings. The molecule has 0 saturated carbocycles. The van der Waals surface area contributed by atoms with E-state index in [0.717, 1.165) is 19.4 Å². The van der Waals surface area contributed by atoms with Crippen LogP contribution in [0.15, 0.2) is 0 Å². The number of carboxylic acid groups (broad SMARTS) is 1. The number of carboxylic acids is 1. The molecule has 0 bridgehead atoms. The standard InChI is InChI=1S/C5H9NO2.C4H10/c7-5(8)4-2-1-3-6-4;1-3-4-2/h4,6H,1-3H2,(H,7,8);3-4H2,1-2H3. The third-order valence-electron chi connectivity index (χ3n) is 1.86. The fourth-order valence-corrected chi connectivity index (χ4v) is 0.895. The van der Waals surface area contributed by atoms with Crippen LogP contribution in [-0.2, 0) is 4.79 Å². The average Bonchev–Trinajstić information content (AvgIpc) is 2.57. The molecule has 1 heterocycles. The van der Waals surface area contributed by atoms with E-state index in [9.17, 15) is 4.79 Å². The summed E-state index contributed by atoms with van der Waals surface area (Å²) in [5.41, 5.74) is 0. The smallest absolute Gasteiger partial charge is 0.320 e. The molecule has 1 aliphatic heterocycles. The molecule has 0 radical (unpaired) electrons. The molecule has 2 N–H and O–H groups in total. The van der Waals surface area contributed by atoms with Gasteiger partial charge in [0.15, 0.2) is 0 Å². The topological polar surface area (TPSA) is 49.3 Å². The first-order valence-corrected chi connectivity index (χ1v) is 4.68. The Balaban J connectivity index is 0.000000261. The van der Waals surface area contributed by atoms with E-state index in [1.54, 1.807) is 0 Å². The van der Waals surface area contributed by atoms with Crippen LogP contribution in [0.1, 0.15) is 39.5 Å². The van der Waals surface area contributed by atoms with Crippen LogP contribution in [0.3, 0.4) is 0 Å². The molecule has 72 valence electrons. The van der Waals surface area contributed by atoms with Gasteiger partial charge in [-0.05, 0) is 19.4 Å². The molecule has 1 fully saturated rings. The average molecular weight is 173 g/mol. The highest BCUT2D eigenvalue weighted by molar-refractivity contribution is 5.73. The van der Waals surface area contributed by atoms with E-state index >= 15 is 0 Å². The number of hydrogen-bond donors (Lipinski definition) is 2. The van der Waals surface area contributed by atoms with Gasteiger partial charge in [-0.3, -0.25) is 4.79 Å². The van der Waals surface area contributed by atoms with Crippen LogP contribution >= 0.6 is 0 Å². The van der Waals surface area contributed by atoms with Crippen molar-refractivity contribution in [3.8, 4) is 0 Å². The van der Waals surface area contributed by atoms with Crippen LogP contribution in [0.4, 0.5) is 0 Å². The van der Waals surface area contributed by atoms with Crippen molar-refractivity contribution in [3.63, 3.8) is 0 Å². The minimum Gasteiger partial charge on any atom is -0.480 e. The molecular weight excluding hydrogens is 154 g/mol. The second-order valence-electron chi connectivity index (χ2n) is 2.99. The molecule has 0 amide bonds. The Bertz CT molecular complexity index is 118. The van der Waals surface area contributed by atoms with E-state index in [1.165, 1.54) is 12.8 Å². The summed E-state index contributed by atoms with van der Waals surface area (Å²) in [5.74, 6) is -0.720. The third kappa shape index (κ3) is 5.13. The summed E-state index contributed by atoms with van der Waals surface area (Å²) in [7, 11) is 0. The van der Waals surface area contributed by atoms with Gasteiger partial charge in [0.25, 0.3) is 0 Å². The lowest BCUT2D eigenvalue weighted by Crippen LogP contribution is -2.29. The molecule has 0 aromatic heterocycles. The van der Waals surface area contributed by atoms with Crippen LogP contribution < -0.4 is 5.32 Å². The summed E-state index contributed by atoms with van der Waals surface area (Å²) < 4.78 is 0. The van der Waals surface area contributed by atoms with Gasteiger partial charge in [-0.2, -0.15) is 0 Å². The second-order valence-corrected chi connectivity index (χ2v) is 2.99. The number of rotatable bonds is 2. The highest BCUT2D eigenvalue weighted by atomic mass is 16.4. The highest BCUT2D eigenvalue weighted by Crippen LogP contribution is 2.03. The van der Waals surface area contributed by atoms with Crippen LogP contribution in [0.25, 0.3) is 0 Å². The molecule has 3 heteroatoms. The summed E-state index contributed by atoms with van der Waals surface area (Å²) in [6.07, 6.45) is 4.42. The largest absolute Gasteiger partial charge is 0.480 e. The number of hydrogen-bond acceptors (Lipinski definition) is 2. The molecule has 1 saturated heterocycles. The first kappa shape index (κ1) is 11.4. The lowest BCUT2D eigenvalue weighted by molar-refractivity contribution is -0.139. The van der Waals surface area contributed by atoms with Gasteiger partial charge in [0.05, 0.1) is 0 Å². The number of aliphatic carboxylic acids is 1. The van der Waals surface area contributed by atoms with Crippen LogP contribution in [-0.4, -0.2) is 23.7 Å². The number of carbonyl (C=O) groups is 1. The first-order valence-electron chi connectivity index (χ1n) is 4.68. The zero-order chi connectivity index (χ0) is 9.40. The van der Waals surface area contributed by atoms with Gasteiger partial charge < -0.3 is 10.4 Å². The molecule has 3 nitrogen and oxygen atoms in total. The zero-order valence-corrected chi connectivity index (χ0v) is 7.97. The summed E-state index contributed by atoms with van der Waals surface area (Å²) >= 11 is 0. The highest BCUT2D eigenvalue weighted by Gasteiger charge is 2.20. The van der Waals surface area contributed by atoms with Crippen molar-refractivity contribution in [1.82, 2.24) is 5.32 Å². The molecule has 0 spiro atoms. The maximum atomic E-state index is 10.1. The van der Waals surface area contributed by atoms with Gasteiger partial charge in [0.2, 0.25) is 0 Å². The van der Waals surface area contributed by atoms with Gasteiger partial charge in [-0.1, -0.05) is 26.7 Å². The molecule has 12 heavy (non-hydrogen) atoms. The van der Waals surface area contributed by atoms with Crippen LogP contribution in [0, 0.1) is 0 Å². The Labute approximate surface area is 74.2 Å². The SMILES string of the molecule is CCCC.O=C(O)C1CCCN1. The van der Waals surface area contributed by atoms with E-state index in [2.05, 4.69) is 19.2 Å². The molecule has 1 aliphatic rings. The predicted octanol–water partition coefficient (Wildman–Crippen LogP) is 1.63. The van der Waals surface area contributed by atoms with E-state index in [0.29, 0.717) is 0 Å². The summed E-state index contributed by atoms with van der Waals surface area (Å²) in [5, 5.41) is 11.2. The minimum atomic E-state index is -0.720. The summed E-state index contributed by atoms with van der Waals surface area (Å²) in [6, 6.07) is -0.269. The van der Waals surface area contributed by atoms with E-state index in [-0.39, 0.29) is 6.04 Å². The minimum absolute atomic E-state index is 0.269. The van der Waals surface area contributed by atoms with Gasteiger partial charge in [-0.25, -0.2) is 0 Å². The lowest BCUT2D eigenvalue weighted by atomic mass is 10.2. The van der Waals surface area contributed by atoms with Gasteiger partial charge >= 0.3 is 5.97 Å². The Morgan fingerprint density at radius 1 is 1.50 bits per heavy atom. The molecule has 1 atom stereocenters. The van der Waals surface area contributed by atoms with Gasteiger partial charge in [-0.15, -0.1) is 0 Å². The lowest BCUT2D eigenvalue weighted by Gasteiger charge is -1.99. The number of nitrogens with one attached hydrogen (secondary N) is 1. The Kier molecular flexibility index (Phi) is 6.76. The maximum Gasteiger partial charge on any atom is 0.320 e. The predicted molar refractivity (Wildman–Crippen MR) is 49.2 cm³/mol. The monoisotopic (exact) mass is 173 g/mol. The molecule has 1 rings (SSSR count). The van der Waals surface area contributed by atoms with E-state index < -0.39 is 5.97 Å². The van der Waals surface area contributed by atoms with E-state index in [1.807, 2.05) is 0 Å². The Hall–Kier alpha value is -0.570. The fourth-order valence-electron chi connectivity index (χ4n) is 0.895. The Morgan fingerprint density at radius 3 is 2.25 bits per heavy atom. The van der Waals surface area contributed by atoms with Crippen molar-refractivity contribution in [1.29, 1.82) is 0 Å². The molecule has 0 aromatic carbocycles. The van der Waals surface area contributed by atoms with Crippen molar-refractivity contribution < 1.29 is 9.90 Å². The van der Waals surface area contributed by atoms with Crippen LogP contribution in [0.2, 0.25) is 0 Å². The maximum absolute atomic E-state index is 10.1. The van der Waals surface area contributed by atoms with Crippen molar-refractivity contribution >= 4 is 5.97 Å². The van der Waals surface area contributed by atoms with Crippen molar-refractivity contribution in [2.45, 2.75) is 45.6 Å². The second kappa shape index (κ2) is 7.10. The molecular formula is C9H19NO2. The van der Waals surface area contributed by atoms with Crippen LogP contribution in [0.5, 0.6) is 0 Å². The Morgan fingerprint density at radius 2 is 2.08 bits per heavy atom. The zero-order valence-electron chi connectivity index (χ0n) is 7.97. The van der Waals surface area contributed by atoms with Gasteiger partial charge in [0.1, 0.15) is 6.04 Å². The van der Waals surface area contributed by atoms with E-state index in [4.69, 9.17) is 5.11 Å². The van der Waals surface area contributed by atoms with Gasteiger partial charge in [0, 0.05) is 0 Å². The van der Waals surface area contributed by atoms with Crippen molar-refractivity contribution in [2.75, 3.05) is 6.54 Å². The molecule has 0 aliphatic carbocycles. The quantitative estimate of drug-likeness (QED) is 0.667. The third-order valence-corrected chi connectivity index (χ3v) is 1.86. The molecule has 1 unspecified atom stereocenters. The normalized spacial score (nSPS) is 21.3. The van der Waals surface area contributed by atoms with Crippen molar-refractivity contribution in [3.05, 3.63) is 0 Å². The summed E-state index contributed by atoms with van der Waals surface area (Å²) in [6.45, 7) is 5.22. The fraction of sp³-hybridized carbons (Fsp3) is 0.889.